The van der Waals surface area contributed by atoms with Gasteiger partial charge in [0.15, 0.2) is 0 Å². The molecule has 1 rings (SSSR count). The van der Waals surface area contributed by atoms with E-state index in [0.29, 0.717) is 6.42 Å². The average Bonchev–Trinajstić information content (AvgIpc) is 2.39. The molecule has 0 spiro atoms. The summed E-state index contributed by atoms with van der Waals surface area (Å²) in [5, 5.41) is 3.21. The number of likely N-dealkylation sites (tertiary alicyclic amines) is 1. The predicted octanol–water partition coefficient (Wildman–Crippen LogP) is 1.55. The van der Waals surface area contributed by atoms with Gasteiger partial charge < -0.3 is 5.32 Å². The summed E-state index contributed by atoms with van der Waals surface area (Å²) >= 11 is 0. The summed E-state index contributed by atoms with van der Waals surface area (Å²) in [7, 11) is 1.90. The highest BCUT2D eigenvalue weighted by Crippen LogP contribution is 2.32. The minimum atomic E-state index is -0.439. The second kappa shape index (κ2) is 4.41. The van der Waals surface area contributed by atoms with Crippen LogP contribution >= 0.6 is 0 Å². The van der Waals surface area contributed by atoms with E-state index in [2.05, 4.69) is 19.2 Å². The van der Waals surface area contributed by atoms with Crippen molar-refractivity contribution in [2.75, 3.05) is 7.05 Å². The van der Waals surface area contributed by atoms with Gasteiger partial charge in [0, 0.05) is 23.4 Å². The van der Waals surface area contributed by atoms with Crippen LogP contribution in [0.5, 0.6) is 0 Å². The van der Waals surface area contributed by atoms with Gasteiger partial charge in [-0.3, -0.25) is 14.5 Å². The highest BCUT2D eigenvalue weighted by molar-refractivity contribution is 6.04. The maximum Gasteiger partial charge on any atom is 0.233 e. The van der Waals surface area contributed by atoms with Crippen LogP contribution in [0.25, 0.3) is 0 Å². The van der Waals surface area contributed by atoms with E-state index in [9.17, 15) is 9.59 Å². The van der Waals surface area contributed by atoms with E-state index in [-0.39, 0.29) is 23.3 Å². The Morgan fingerprint density at radius 1 is 1.29 bits per heavy atom. The fourth-order valence-corrected chi connectivity index (χ4v) is 2.67. The van der Waals surface area contributed by atoms with Crippen molar-refractivity contribution < 1.29 is 9.59 Å². The molecule has 0 saturated carbocycles. The third-order valence-corrected chi connectivity index (χ3v) is 3.53. The monoisotopic (exact) mass is 240 g/mol. The van der Waals surface area contributed by atoms with Gasteiger partial charge in [0.2, 0.25) is 11.8 Å². The fourth-order valence-electron chi connectivity index (χ4n) is 2.67. The van der Waals surface area contributed by atoms with Crippen LogP contribution in [0.1, 0.15) is 47.5 Å². The van der Waals surface area contributed by atoms with Crippen LogP contribution in [-0.4, -0.2) is 34.8 Å². The van der Waals surface area contributed by atoms with Crippen molar-refractivity contribution in [3.63, 3.8) is 0 Å². The van der Waals surface area contributed by atoms with Crippen molar-refractivity contribution in [3.05, 3.63) is 0 Å². The zero-order valence-electron chi connectivity index (χ0n) is 11.8. The molecule has 0 aliphatic carbocycles. The average molecular weight is 240 g/mol. The van der Waals surface area contributed by atoms with Crippen molar-refractivity contribution in [2.45, 2.75) is 58.5 Å². The summed E-state index contributed by atoms with van der Waals surface area (Å²) in [5.41, 5.74) is -0.540. The van der Waals surface area contributed by atoms with Gasteiger partial charge in [-0.25, -0.2) is 0 Å². The first kappa shape index (κ1) is 14.2. The standard InChI is InChI=1S/C13H24N2O2/c1-9-7-10(16)15(11(9)17)13(4,5)8-12(2,3)14-6/h9,14H,7-8H2,1-6H3. The van der Waals surface area contributed by atoms with Gasteiger partial charge in [-0.15, -0.1) is 0 Å². The lowest BCUT2D eigenvalue weighted by atomic mass is 9.85. The highest BCUT2D eigenvalue weighted by atomic mass is 16.2. The highest BCUT2D eigenvalue weighted by Gasteiger charge is 2.45. The Morgan fingerprint density at radius 2 is 1.82 bits per heavy atom. The lowest BCUT2D eigenvalue weighted by Crippen LogP contribution is -2.53. The molecular weight excluding hydrogens is 216 g/mol. The Hall–Kier alpha value is -0.900. The fraction of sp³-hybridized carbons (Fsp3) is 0.846. The van der Waals surface area contributed by atoms with Gasteiger partial charge in [0.25, 0.3) is 0 Å². The summed E-state index contributed by atoms with van der Waals surface area (Å²) < 4.78 is 0. The smallest absolute Gasteiger partial charge is 0.233 e. The number of hydrogen-bond donors (Lipinski definition) is 1. The molecule has 0 radical (unpaired) electrons. The predicted molar refractivity (Wildman–Crippen MR) is 67.5 cm³/mol. The molecule has 17 heavy (non-hydrogen) atoms. The lowest BCUT2D eigenvalue weighted by Gasteiger charge is -2.40. The quantitative estimate of drug-likeness (QED) is 0.758. The molecule has 4 heteroatoms. The van der Waals surface area contributed by atoms with Crippen LogP contribution < -0.4 is 5.32 Å². The molecule has 1 aliphatic rings. The molecule has 0 aromatic carbocycles. The van der Waals surface area contributed by atoms with Crippen LogP contribution in [0, 0.1) is 5.92 Å². The van der Waals surface area contributed by atoms with E-state index in [1.807, 2.05) is 27.8 Å². The molecule has 1 saturated heterocycles. The molecule has 1 unspecified atom stereocenters. The molecule has 1 fully saturated rings. The molecule has 1 heterocycles. The van der Waals surface area contributed by atoms with E-state index in [1.54, 1.807) is 0 Å². The number of nitrogens with zero attached hydrogens (tertiary/aromatic N) is 1. The van der Waals surface area contributed by atoms with Crippen LogP contribution in [0.15, 0.2) is 0 Å². The molecule has 0 bridgehead atoms. The van der Waals surface area contributed by atoms with E-state index < -0.39 is 5.54 Å². The minimum Gasteiger partial charge on any atom is -0.315 e. The molecular formula is C13H24N2O2. The SMILES string of the molecule is CNC(C)(C)CC(C)(C)N1C(=O)CC(C)C1=O. The molecule has 0 aromatic rings. The summed E-state index contributed by atoms with van der Waals surface area (Å²) in [4.78, 5) is 25.4. The number of imide groups is 1. The van der Waals surface area contributed by atoms with Crippen molar-refractivity contribution in [2.24, 2.45) is 5.92 Å². The van der Waals surface area contributed by atoms with Gasteiger partial charge in [0.1, 0.15) is 0 Å². The topological polar surface area (TPSA) is 49.4 Å². The van der Waals surface area contributed by atoms with Crippen LogP contribution in [0.3, 0.4) is 0 Å². The zero-order valence-corrected chi connectivity index (χ0v) is 11.8. The molecule has 1 aliphatic heterocycles. The van der Waals surface area contributed by atoms with Crippen molar-refractivity contribution in [3.8, 4) is 0 Å². The Kier molecular flexibility index (Phi) is 3.67. The van der Waals surface area contributed by atoms with E-state index in [0.717, 1.165) is 6.42 Å². The summed E-state index contributed by atoms with van der Waals surface area (Å²) in [5.74, 6) is -0.245. The Bertz CT molecular complexity index is 334. The second-order valence-electron chi connectivity index (χ2n) is 6.30. The first-order valence-electron chi connectivity index (χ1n) is 6.16. The van der Waals surface area contributed by atoms with Gasteiger partial charge in [-0.2, -0.15) is 0 Å². The summed E-state index contributed by atoms with van der Waals surface area (Å²) in [6.45, 7) is 9.88. The van der Waals surface area contributed by atoms with E-state index in [4.69, 9.17) is 0 Å². The number of amides is 2. The molecule has 4 nitrogen and oxygen atoms in total. The number of nitrogens with one attached hydrogen (secondary N) is 1. The summed E-state index contributed by atoms with van der Waals surface area (Å²) in [6.07, 6.45) is 1.09. The Labute approximate surface area is 104 Å². The second-order valence-corrected chi connectivity index (χ2v) is 6.30. The van der Waals surface area contributed by atoms with Crippen molar-refractivity contribution in [1.82, 2.24) is 10.2 Å². The maximum atomic E-state index is 12.0. The maximum absolute atomic E-state index is 12.0. The van der Waals surface area contributed by atoms with Crippen LogP contribution in [-0.2, 0) is 9.59 Å². The third-order valence-electron chi connectivity index (χ3n) is 3.53. The lowest BCUT2D eigenvalue weighted by molar-refractivity contribution is -0.146. The largest absolute Gasteiger partial charge is 0.315 e. The number of rotatable bonds is 4. The molecule has 1 atom stereocenters. The molecule has 2 amide bonds. The Balaban J connectivity index is 2.91. The van der Waals surface area contributed by atoms with Crippen molar-refractivity contribution >= 4 is 11.8 Å². The van der Waals surface area contributed by atoms with Gasteiger partial charge in [-0.05, 0) is 41.2 Å². The van der Waals surface area contributed by atoms with Crippen LogP contribution in [0.2, 0.25) is 0 Å². The van der Waals surface area contributed by atoms with Crippen molar-refractivity contribution in [1.29, 1.82) is 0 Å². The number of hydrogen-bond acceptors (Lipinski definition) is 3. The summed E-state index contributed by atoms with van der Waals surface area (Å²) in [6, 6.07) is 0. The number of carbonyl (C=O) groups is 2. The van der Waals surface area contributed by atoms with Crippen LogP contribution in [0.4, 0.5) is 0 Å². The van der Waals surface area contributed by atoms with E-state index in [1.165, 1.54) is 4.90 Å². The van der Waals surface area contributed by atoms with Gasteiger partial charge >= 0.3 is 0 Å². The molecule has 0 aromatic heterocycles. The van der Waals surface area contributed by atoms with Gasteiger partial charge in [0.05, 0.1) is 0 Å². The minimum absolute atomic E-state index is 0.0353. The van der Waals surface area contributed by atoms with E-state index >= 15 is 0 Å². The molecule has 1 N–H and O–H groups in total. The zero-order chi connectivity index (χ0) is 13.4. The van der Waals surface area contributed by atoms with Gasteiger partial charge in [-0.1, -0.05) is 6.92 Å². The third kappa shape index (κ3) is 2.86. The number of carbonyl (C=O) groups excluding carboxylic acids is 2. The Morgan fingerprint density at radius 3 is 2.18 bits per heavy atom. The molecule has 98 valence electrons. The first-order chi connectivity index (χ1) is 7.60. The first-order valence-corrected chi connectivity index (χ1v) is 6.16. The normalized spacial score (nSPS) is 22.5.